The van der Waals surface area contributed by atoms with E-state index in [0.29, 0.717) is 17.4 Å². The number of benzene rings is 1. The van der Waals surface area contributed by atoms with Crippen molar-refractivity contribution >= 4 is 22.4 Å². The third kappa shape index (κ3) is 2.94. The van der Waals surface area contributed by atoms with Gasteiger partial charge in [0.2, 0.25) is 0 Å². The van der Waals surface area contributed by atoms with Crippen LogP contribution in [0.5, 0.6) is 0 Å². The summed E-state index contributed by atoms with van der Waals surface area (Å²) in [7, 11) is 0. The molecule has 0 saturated carbocycles. The second kappa shape index (κ2) is 5.98. The van der Waals surface area contributed by atoms with E-state index < -0.39 is 0 Å². The summed E-state index contributed by atoms with van der Waals surface area (Å²) in [5.74, 6) is 1.01. The van der Waals surface area contributed by atoms with Gasteiger partial charge in [0.15, 0.2) is 11.5 Å². The number of aromatic nitrogens is 4. The minimum absolute atomic E-state index is 0.432. The molecular formula is C19H17N5O. The number of pyridine rings is 2. The Morgan fingerprint density at radius 2 is 1.72 bits per heavy atom. The van der Waals surface area contributed by atoms with Crippen molar-refractivity contribution in [3.63, 3.8) is 0 Å². The molecule has 4 aromatic rings. The predicted molar refractivity (Wildman–Crippen MR) is 96.8 cm³/mol. The summed E-state index contributed by atoms with van der Waals surface area (Å²) in [6.07, 6.45) is 1.72. The van der Waals surface area contributed by atoms with E-state index in [4.69, 9.17) is 4.52 Å². The molecule has 124 valence electrons. The highest BCUT2D eigenvalue weighted by molar-refractivity contribution is 5.98. The molecule has 0 fully saturated rings. The lowest BCUT2D eigenvalue weighted by Crippen LogP contribution is -1.98. The number of nitrogens with one attached hydrogen (secondary N) is 1. The van der Waals surface area contributed by atoms with Gasteiger partial charge in [-0.15, -0.1) is 0 Å². The first-order valence-corrected chi connectivity index (χ1v) is 8.01. The third-order valence-corrected chi connectivity index (χ3v) is 3.95. The first-order chi connectivity index (χ1) is 12.1. The molecule has 0 radical (unpaired) electrons. The maximum absolute atomic E-state index is 5.36. The first-order valence-electron chi connectivity index (χ1n) is 8.01. The molecule has 0 aliphatic rings. The van der Waals surface area contributed by atoms with Gasteiger partial charge in [-0.3, -0.25) is 0 Å². The lowest BCUT2D eigenvalue weighted by molar-refractivity contribution is 0.425. The lowest BCUT2D eigenvalue weighted by Gasteiger charge is -2.13. The maximum Gasteiger partial charge on any atom is 0.261 e. The van der Waals surface area contributed by atoms with Crippen molar-refractivity contribution in [2.45, 2.75) is 20.8 Å². The molecule has 4 rings (SSSR count). The summed E-state index contributed by atoms with van der Waals surface area (Å²) in [4.78, 5) is 13.3. The van der Waals surface area contributed by atoms with Gasteiger partial charge in [-0.05, 0) is 45.0 Å². The molecule has 3 heterocycles. The maximum atomic E-state index is 5.36. The van der Waals surface area contributed by atoms with Gasteiger partial charge in [-0.1, -0.05) is 22.9 Å². The van der Waals surface area contributed by atoms with Gasteiger partial charge in [0.05, 0.1) is 11.3 Å². The van der Waals surface area contributed by atoms with E-state index >= 15 is 0 Å². The molecule has 0 spiro atoms. The van der Waals surface area contributed by atoms with E-state index in [2.05, 4.69) is 44.5 Å². The van der Waals surface area contributed by atoms with Crippen LogP contribution in [-0.4, -0.2) is 20.1 Å². The molecular weight excluding hydrogens is 314 g/mol. The third-order valence-electron chi connectivity index (χ3n) is 3.95. The van der Waals surface area contributed by atoms with E-state index in [1.54, 1.807) is 13.1 Å². The molecule has 0 amide bonds. The average molecular weight is 331 g/mol. The Labute approximate surface area is 144 Å². The average Bonchev–Trinajstić information content (AvgIpc) is 3.03. The summed E-state index contributed by atoms with van der Waals surface area (Å²) >= 11 is 0. The largest absolute Gasteiger partial charge is 0.354 e. The number of hydrogen-bond donors (Lipinski definition) is 1. The van der Waals surface area contributed by atoms with Crippen molar-refractivity contribution in [3.05, 3.63) is 59.7 Å². The fraction of sp³-hybridized carbons (Fsp3) is 0.158. The van der Waals surface area contributed by atoms with Crippen LogP contribution in [0.1, 0.15) is 17.1 Å². The minimum atomic E-state index is 0.432. The van der Waals surface area contributed by atoms with Crippen LogP contribution in [-0.2, 0) is 0 Å². The van der Waals surface area contributed by atoms with Gasteiger partial charge in [0.1, 0.15) is 0 Å². The van der Waals surface area contributed by atoms with Crippen molar-refractivity contribution in [2.24, 2.45) is 0 Å². The summed E-state index contributed by atoms with van der Waals surface area (Å²) in [6.45, 7) is 5.80. The van der Waals surface area contributed by atoms with E-state index in [1.807, 2.05) is 31.2 Å². The van der Waals surface area contributed by atoms with Gasteiger partial charge in [-0.25, -0.2) is 9.97 Å². The zero-order valence-electron chi connectivity index (χ0n) is 14.2. The van der Waals surface area contributed by atoms with Crippen molar-refractivity contribution in [3.8, 4) is 11.5 Å². The zero-order chi connectivity index (χ0) is 17.4. The Morgan fingerprint density at radius 1 is 0.920 bits per heavy atom. The first kappa shape index (κ1) is 15.3. The molecule has 0 unspecified atom stereocenters. The SMILES string of the molecule is Cc1ccc(Nc2c(-c3nc(C)no3)cnc3nc(C)ccc23)cc1. The highest BCUT2D eigenvalue weighted by Gasteiger charge is 2.16. The van der Waals surface area contributed by atoms with Gasteiger partial charge < -0.3 is 9.84 Å². The number of hydrogen-bond acceptors (Lipinski definition) is 6. The van der Waals surface area contributed by atoms with E-state index in [1.165, 1.54) is 5.56 Å². The Kier molecular flexibility index (Phi) is 3.65. The highest BCUT2D eigenvalue weighted by Crippen LogP contribution is 2.34. The molecule has 1 N–H and O–H groups in total. The van der Waals surface area contributed by atoms with Crippen LogP contribution in [0.2, 0.25) is 0 Å². The smallest absolute Gasteiger partial charge is 0.261 e. The van der Waals surface area contributed by atoms with Crippen LogP contribution in [0.25, 0.3) is 22.5 Å². The summed E-state index contributed by atoms with van der Waals surface area (Å²) in [5, 5.41) is 8.25. The summed E-state index contributed by atoms with van der Waals surface area (Å²) in [6, 6.07) is 12.2. The van der Waals surface area contributed by atoms with E-state index in [0.717, 1.165) is 28.0 Å². The number of fused-ring (bicyclic) bond motifs is 1. The lowest BCUT2D eigenvalue weighted by atomic mass is 10.1. The highest BCUT2D eigenvalue weighted by atomic mass is 16.5. The topological polar surface area (TPSA) is 76.7 Å². The molecule has 0 atom stereocenters. The number of rotatable bonds is 3. The van der Waals surface area contributed by atoms with Gasteiger partial charge >= 0.3 is 0 Å². The Morgan fingerprint density at radius 3 is 2.44 bits per heavy atom. The molecule has 3 aromatic heterocycles. The molecule has 0 aliphatic heterocycles. The fourth-order valence-corrected chi connectivity index (χ4v) is 2.66. The van der Waals surface area contributed by atoms with E-state index in [9.17, 15) is 0 Å². The standard InChI is InChI=1S/C19H17N5O/c1-11-4-7-14(8-5-11)23-17-15-9-6-12(2)21-18(15)20-10-16(17)19-22-13(3)24-25-19/h4-10H,1-3H3,(H,20,21,23). The van der Waals surface area contributed by atoms with E-state index in [-0.39, 0.29) is 0 Å². The van der Waals surface area contributed by atoms with Crippen LogP contribution in [0.15, 0.2) is 47.1 Å². The monoisotopic (exact) mass is 331 g/mol. The fourth-order valence-electron chi connectivity index (χ4n) is 2.66. The molecule has 25 heavy (non-hydrogen) atoms. The second-order valence-corrected chi connectivity index (χ2v) is 6.01. The van der Waals surface area contributed by atoms with Crippen LogP contribution in [0.4, 0.5) is 11.4 Å². The van der Waals surface area contributed by atoms with Crippen LogP contribution < -0.4 is 5.32 Å². The zero-order valence-corrected chi connectivity index (χ0v) is 14.2. The predicted octanol–water partition coefficient (Wildman–Crippen LogP) is 4.35. The summed E-state index contributed by atoms with van der Waals surface area (Å²) < 4.78 is 5.36. The quantitative estimate of drug-likeness (QED) is 0.601. The number of anilines is 2. The van der Waals surface area contributed by atoms with Gasteiger partial charge in [-0.2, -0.15) is 4.98 Å². The Bertz CT molecular complexity index is 1050. The molecule has 1 aromatic carbocycles. The van der Waals surface area contributed by atoms with Crippen LogP contribution in [0.3, 0.4) is 0 Å². The second-order valence-electron chi connectivity index (χ2n) is 6.01. The molecule has 0 aliphatic carbocycles. The van der Waals surface area contributed by atoms with Crippen molar-refractivity contribution in [1.29, 1.82) is 0 Å². The molecule has 6 nitrogen and oxygen atoms in total. The molecule has 0 bridgehead atoms. The van der Waals surface area contributed by atoms with Crippen LogP contribution in [0, 0.1) is 20.8 Å². The number of nitrogens with zero attached hydrogens (tertiary/aromatic N) is 4. The molecule has 0 saturated heterocycles. The minimum Gasteiger partial charge on any atom is -0.354 e. The van der Waals surface area contributed by atoms with Crippen LogP contribution >= 0.6 is 0 Å². The van der Waals surface area contributed by atoms with Crippen molar-refractivity contribution in [1.82, 2.24) is 20.1 Å². The molecule has 6 heteroatoms. The normalized spacial score (nSPS) is 11.0. The van der Waals surface area contributed by atoms with Gasteiger partial charge in [0.25, 0.3) is 5.89 Å². The van der Waals surface area contributed by atoms with Gasteiger partial charge in [0, 0.05) is 23.0 Å². The Hall–Kier alpha value is -3.28. The van der Waals surface area contributed by atoms with Crippen molar-refractivity contribution in [2.75, 3.05) is 5.32 Å². The van der Waals surface area contributed by atoms with Crippen molar-refractivity contribution < 1.29 is 4.52 Å². The Balaban J connectivity index is 1.91. The summed E-state index contributed by atoms with van der Waals surface area (Å²) in [5.41, 5.74) is 5.37. The number of aryl methyl sites for hydroxylation is 3.